The average Bonchev–Trinajstić information content (AvgIpc) is 3.10. The second-order valence-corrected chi connectivity index (χ2v) is 9.05. The van der Waals surface area contributed by atoms with Crippen molar-refractivity contribution in [3.8, 4) is 0 Å². The normalized spacial score (nSPS) is 25.9. The second kappa shape index (κ2) is 7.77. The predicted octanol–water partition coefficient (Wildman–Crippen LogP) is 2.26. The summed E-state index contributed by atoms with van der Waals surface area (Å²) in [5.41, 5.74) is 1.74. The Bertz CT molecular complexity index is 542. The third kappa shape index (κ3) is 4.63. The van der Waals surface area contributed by atoms with Crippen LogP contribution in [0.1, 0.15) is 45.6 Å². The summed E-state index contributed by atoms with van der Waals surface area (Å²) in [6.45, 7) is 19.2. The first-order valence-electron chi connectivity index (χ1n) is 10.0. The number of aromatic nitrogens is 2. The van der Waals surface area contributed by atoms with Crippen LogP contribution in [0.5, 0.6) is 0 Å². The molecule has 0 spiro atoms. The van der Waals surface area contributed by atoms with Crippen molar-refractivity contribution in [2.75, 3.05) is 52.4 Å². The highest BCUT2D eigenvalue weighted by molar-refractivity contribution is 5.18. The van der Waals surface area contributed by atoms with Gasteiger partial charge in [0.15, 0.2) is 0 Å². The van der Waals surface area contributed by atoms with E-state index in [4.69, 9.17) is 0 Å². The summed E-state index contributed by atoms with van der Waals surface area (Å²) < 4.78 is 1.94. The fourth-order valence-electron chi connectivity index (χ4n) is 4.62. The van der Waals surface area contributed by atoms with Gasteiger partial charge in [0.2, 0.25) is 0 Å². The first-order valence-corrected chi connectivity index (χ1v) is 10.0. The first-order chi connectivity index (χ1) is 11.8. The molecular weight excluding hydrogens is 310 g/mol. The van der Waals surface area contributed by atoms with Crippen LogP contribution in [0, 0.1) is 5.41 Å². The fraction of sp³-hybridized carbons (Fsp3) is 0.850. The van der Waals surface area contributed by atoms with Crippen molar-refractivity contribution < 1.29 is 0 Å². The minimum atomic E-state index is 0.339. The molecule has 0 bridgehead atoms. The van der Waals surface area contributed by atoms with E-state index in [1.807, 2.05) is 11.7 Å². The largest absolute Gasteiger partial charge is 0.302 e. The summed E-state index contributed by atoms with van der Waals surface area (Å²) in [4.78, 5) is 7.92. The zero-order valence-corrected chi connectivity index (χ0v) is 16.9. The first kappa shape index (κ1) is 18.9. The molecule has 5 heteroatoms. The van der Waals surface area contributed by atoms with E-state index in [2.05, 4.69) is 59.9 Å². The van der Waals surface area contributed by atoms with Gasteiger partial charge in [-0.25, -0.2) is 0 Å². The van der Waals surface area contributed by atoms with Gasteiger partial charge >= 0.3 is 0 Å². The minimum Gasteiger partial charge on any atom is -0.302 e. The molecule has 1 atom stereocenters. The topological polar surface area (TPSA) is 27.5 Å². The van der Waals surface area contributed by atoms with Crippen LogP contribution in [0.25, 0.3) is 0 Å². The number of likely N-dealkylation sites (tertiary alicyclic amines) is 1. The van der Waals surface area contributed by atoms with Crippen LogP contribution in [0.2, 0.25) is 0 Å². The Morgan fingerprint density at radius 1 is 1.12 bits per heavy atom. The lowest BCUT2D eigenvalue weighted by molar-refractivity contribution is 0.105. The molecule has 2 saturated heterocycles. The molecule has 0 aromatic carbocycles. The van der Waals surface area contributed by atoms with E-state index >= 15 is 0 Å². The lowest BCUT2D eigenvalue weighted by atomic mass is 9.79. The molecule has 0 amide bonds. The van der Waals surface area contributed by atoms with Crippen molar-refractivity contribution in [2.24, 2.45) is 12.5 Å². The van der Waals surface area contributed by atoms with Gasteiger partial charge in [0, 0.05) is 64.5 Å². The highest BCUT2D eigenvalue weighted by atomic mass is 15.3. The summed E-state index contributed by atoms with van der Waals surface area (Å²) in [7, 11) is 2.02. The molecule has 0 N–H and O–H groups in total. The monoisotopic (exact) mass is 347 g/mol. The zero-order chi connectivity index (χ0) is 18.0. The molecule has 5 nitrogen and oxygen atoms in total. The summed E-state index contributed by atoms with van der Waals surface area (Å²) in [6.07, 6.45) is 5.55. The molecule has 3 rings (SSSR count). The minimum absolute atomic E-state index is 0.339. The number of nitrogens with zero attached hydrogens (tertiary/aromatic N) is 5. The van der Waals surface area contributed by atoms with Crippen molar-refractivity contribution in [1.29, 1.82) is 0 Å². The number of rotatable bonds is 6. The molecule has 0 unspecified atom stereocenters. The van der Waals surface area contributed by atoms with Gasteiger partial charge in [-0.15, -0.1) is 0 Å². The number of piperazine rings is 1. The van der Waals surface area contributed by atoms with Gasteiger partial charge in [-0.1, -0.05) is 13.8 Å². The van der Waals surface area contributed by atoms with Crippen LogP contribution in [0.15, 0.2) is 12.4 Å². The summed E-state index contributed by atoms with van der Waals surface area (Å²) in [5.74, 6) is 0.607. The molecule has 0 aliphatic carbocycles. The molecule has 2 aliphatic rings. The van der Waals surface area contributed by atoms with Crippen molar-refractivity contribution in [2.45, 2.75) is 46.1 Å². The average molecular weight is 348 g/mol. The lowest BCUT2D eigenvalue weighted by Gasteiger charge is -2.37. The maximum absolute atomic E-state index is 4.38. The van der Waals surface area contributed by atoms with Crippen LogP contribution in [0.4, 0.5) is 0 Å². The molecule has 1 aromatic rings. The third-order valence-corrected chi connectivity index (χ3v) is 6.23. The Hall–Kier alpha value is -0.910. The third-order valence-electron chi connectivity index (χ3n) is 6.23. The van der Waals surface area contributed by atoms with Crippen LogP contribution >= 0.6 is 0 Å². The Labute approximate surface area is 154 Å². The molecule has 2 fully saturated rings. The molecule has 3 heterocycles. The predicted molar refractivity (Wildman–Crippen MR) is 104 cm³/mol. The molecule has 0 radical (unpaired) electrons. The van der Waals surface area contributed by atoms with Crippen LogP contribution < -0.4 is 0 Å². The molecule has 142 valence electrons. The summed E-state index contributed by atoms with van der Waals surface area (Å²) in [6, 6.07) is 0.693. The zero-order valence-electron chi connectivity index (χ0n) is 16.9. The Kier molecular flexibility index (Phi) is 5.86. The van der Waals surface area contributed by atoms with Gasteiger partial charge in [-0.05, 0) is 44.3 Å². The van der Waals surface area contributed by atoms with Crippen LogP contribution in [-0.2, 0) is 7.05 Å². The molecular formula is C20H37N5. The van der Waals surface area contributed by atoms with E-state index in [0.29, 0.717) is 17.4 Å². The molecule has 0 saturated carbocycles. The van der Waals surface area contributed by atoms with Gasteiger partial charge in [0.05, 0.1) is 6.20 Å². The summed E-state index contributed by atoms with van der Waals surface area (Å²) >= 11 is 0. The summed E-state index contributed by atoms with van der Waals surface area (Å²) in [5, 5.41) is 4.38. The van der Waals surface area contributed by atoms with E-state index in [1.165, 1.54) is 64.3 Å². The van der Waals surface area contributed by atoms with Crippen molar-refractivity contribution >= 4 is 0 Å². The van der Waals surface area contributed by atoms with E-state index in [0.717, 1.165) is 0 Å². The Morgan fingerprint density at radius 2 is 1.80 bits per heavy atom. The van der Waals surface area contributed by atoms with Crippen molar-refractivity contribution in [3.63, 3.8) is 0 Å². The highest BCUT2D eigenvalue weighted by Gasteiger charge is 2.40. The number of hydrogen-bond donors (Lipinski definition) is 0. The van der Waals surface area contributed by atoms with E-state index in [-0.39, 0.29) is 0 Å². The highest BCUT2D eigenvalue weighted by Crippen LogP contribution is 2.42. The van der Waals surface area contributed by atoms with Gasteiger partial charge in [0.1, 0.15) is 0 Å². The SMILES string of the molecule is CC(C)N1CCN(CCCN2C[C@H](c3cnn(C)c3)C(C)(C)C2)CC1. The maximum atomic E-state index is 4.38. The molecule has 25 heavy (non-hydrogen) atoms. The number of aryl methyl sites for hydroxylation is 1. The number of hydrogen-bond acceptors (Lipinski definition) is 4. The van der Waals surface area contributed by atoms with Crippen LogP contribution in [-0.4, -0.2) is 82.9 Å². The van der Waals surface area contributed by atoms with E-state index < -0.39 is 0 Å². The standard InChI is InChI=1S/C20H37N5/c1-17(2)25-11-9-23(10-12-25)7-6-8-24-15-19(20(3,4)16-24)18-13-21-22(5)14-18/h13-14,17,19H,6-12,15-16H2,1-5H3/t19-/m1/s1. The van der Waals surface area contributed by atoms with Gasteiger partial charge < -0.3 is 9.80 Å². The van der Waals surface area contributed by atoms with Crippen molar-refractivity contribution in [3.05, 3.63) is 18.0 Å². The van der Waals surface area contributed by atoms with Gasteiger partial charge in [-0.3, -0.25) is 9.58 Å². The van der Waals surface area contributed by atoms with Gasteiger partial charge in [-0.2, -0.15) is 5.10 Å². The second-order valence-electron chi connectivity index (χ2n) is 9.05. The Morgan fingerprint density at radius 3 is 2.40 bits per heavy atom. The quantitative estimate of drug-likeness (QED) is 0.789. The van der Waals surface area contributed by atoms with E-state index in [1.54, 1.807) is 0 Å². The maximum Gasteiger partial charge on any atom is 0.0525 e. The van der Waals surface area contributed by atoms with Gasteiger partial charge in [0.25, 0.3) is 0 Å². The lowest BCUT2D eigenvalue weighted by Crippen LogP contribution is -2.49. The smallest absolute Gasteiger partial charge is 0.0525 e. The Balaban J connectivity index is 1.42. The van der Waals surface area contributed by atoms with Crippen molar-refractivity contribution in [1.82, 2.24) is 24.5 Å². The molecule has 2 aliphatic heterocycles. The van der Waals surface area contributed by atoms with E-state index in [9.17, 15) is 0 Å². The fourth-order valence-corrected chi connectivity index (χ4v) is 4.62. The molecule has 1 aromatic heterocycles. The van der Waals surface area contributed by atoms with Crippen LogP contribution in [0.3, 0.4) is 0 Å².